The largest absolute Gasteiger partial charge is 0.365 e. The van der Waals surface area contributed by atoms with Crippen molar-refractivity contribution < 1.29 is 9.59 Å². The lowest BCUT2D eigenvalue weighted by atomic mass is 10.1. The Morgan fingerprint density at radius 3 is 2.59 bits per heavy atom. The third-order valence-corrected chi connectivity index (χ3v) is 6.68. The number of nitrogens with zero attached hydrogens (tertiary/aromatic N) is 3. The Hall–Kier alpha value is -4.46. The zero-order valence-electron chi connectivity index (χ0n) is 21.1. The predicted molar refractivity (Wildman–Crippen MR) is 146 cm³/mol. The molecule has 2 amide bonds. The molecule has 8 nitrogen and oxygen atoms in total. The second kappa shape index (κ2) is 9.89. The van der Waals surface area contributed by atoms with Gasteiger partial charge in [0, 0.05) is 49.4 Å². The number of carbonyl (C=O) groups is 2. The van der Waals surface area contributed by atoms with E-state index in [1.807, 2.05) is 4.90 Å². The molecule has 8 heteroatoms. The van der Waals surface area contributed by atoms with E-state index in [2.05, 4.69) is 58.3 Å². The SMILES string of the molecule is CC(=O)Nc1ccccc1-c1nc2ccc(C(=O)N3CCN(c4cccc(C)c4)[C@H](C)C3)cc2[nH]c1=O. The van der Waals surface area contributed by atoms with Gasteiger partial charge in [-0.3, -0.25) is 14.4 Å². The van der Waals surface area contributed by atoms with Crippen LogP contribution >= 0.6 is 0 Å². The Balaban J connectivity index is 1.39. The second-order valence-electron chi connectivity index (χ2n) is 9.51. The molecule has 188 valence electrons. The van der Waals surface area contributed by atoms with Crippen molar-refractivity contribution >= 4 is 34.2 Å². The van der Waals surface area contributed by atoms with Crippen LogP contribution in [0.4, 0.5) is 11.4 Å². The van der Waals surface area contributed by atoms with Gasteiger partial charge in [-0.1, -0.05) is 30.3 Å². The van der Waals surface area contributed by atoms with Gasteiger partial charge in [0.2, 0.25) is 5.91 Å². The molecular weight excluding hydrogens is 466 g/mol. The fourth-order valence-corrected chi connectivity index (χ4v) is 4.91. The van der Waals surface area contributed by atoms with Gasteiger partial charge in [-0.05, 0) is 55.8 Å². The molecule has 5 rings (SSSR count). The van der Waals surface area contributed by atoms with Crippen LogP contribution in [0, 0.1) is 6.92 Å². The molecule has 2 N–H and O–H groups in total. The van der Waals surface area contributed by atoms with Gasteiger partial charge in [-0.2, -0.15) is 0 Å². The van der Waals surface area contributed by atoms with Gasteiger partial charge in [0.15, 0.2) is 0 Å². The van der Waals surface area contributed by atoms with Gasteiger partial charge in [-0.25, -0.2) is 4.98 Å². The van der Waals surface area contributed by atoms with Crippen molar-refractivity contribution in [1.82, 2.24) is 14.9 Å². The second-order valence-corrected chi connectivity index (χ2v) is 9.51. The molecule has 3 aromatic carbocycles. The number of rotatable bonds is 4. The third kappa shape index (κ3) is 4.95. The molecule has 2 heterocycles. The Labute approximate surface area is 214 Å². The highest BCUT2D eigenvalue weighted by molar-refractivity contribution is 5.98. The summed E-state index contributed by atoms with van der Waals surface area (Å²) in [6.07, 6.45) is 0. The number of amides is 2. The Morgan fingerprint density at radius 2 is 1.84 bits per heavy atom. The number of hydrogen-bond acceptors (Lipinski definition) is 5. The van der Waals surface area contributed by atoms with Crippen molar-refractivity contribution in [2.24, 2.45) is 0 Å². The van der Waals surface area contributed by atoms with Crippen molar-refractivity contribution in [1.29, 1.82) is 0 Å². The zero-order valence-corrected chi connectivity index (χ0v) is 21.1. The van der Waals surface area contributed by atoms with E-state index >= 15 is 0 Å². The monoisotopic (exact) mass is 495 g/mol. The minimum absolute atomic E-state index is 0.0708. The fourth-order valence-electron chi connectivity index (χ4n) is 4.91. The number of H-pyrrole nitrogens is 1. The number of fused-ring (bicyclic) bond motifs is 1. The summed E-state index contributed by atoms with van der Waals surface area (Å²) in [6, 6.07) is 20.8. The molecule has 0 radical (unpaired) electrons. The minimum atomic E-state index is -0.393. The highest BCUT2D eigenvalue weighted by Crippen LogP contribution is 2.26. The van der Waals surface area contributed by atoms with Gasteiger partial charge in [-0.15, -0.1) is 0 Å². The first-order valence-corrected chi connectivity index (χ1v) is 12.3. The number of para-hydroxylation sites is 1. The number of nitrogens with one attached hydrogen (secondary N) is 2. The third-order valence-electron chi connectivity index (χ3n) is 6.68. The van der Waals surface area contributed by atoms with E-state index in [9.17, 15) is 14.4 Å². The minimum Gasteiger partial charge on any atom is -0.365 e. The standard InChI is InChI=1S/C29H29N5O3/c1-18-7-6-8-22(15-18)34-14-13-33(17-19(34)2)29(37)21-11-12-25-26(16-21)32-28(36)27(31-25)23-9-4-5-10-24(23)30-20(3)35/h4-12,15-16,19H,13-14,17H2,1-3H3,(H,30,35)(H,32,36)/t19-/m1/s1. The van der Waals surface area contributed by atoms with Gasteiger partial charge < -0.3 is 20.1 Å². The molecule has 1 saturated heterocycles. The van der Waals surface area contributed by atoms with E-state index in [1.54, 1.807) is 42.5 Å². The van der Waals surface area contributed by atoms with Crippen molar-refractivity contribution in [3.63, 3.8) is 0 Å². The number of aromatic nitrogens is 2. The van der Waals surface area contributed by atoms with Crippen LogP contribution in [-0.2, 0) is 4.79 Å². The summed E-state index contributed by atoms with van der Waals surface area (Å²) in [5.74, 6) is -0.305. The number of aryl methyl sites for hydroxylation is 1. The van der Waals surface area contributed by atoms with Crippen LogP contribution in [-0.4, -0.2) is 52.4 Å². The van der Waals surface area contributed by atoms with E-state index in [-0.39, 0.29) is 23.6 Å². The molecule has 1 aliphatic heterocycles. The van der Waals surface area contributed by atoms with Gasteiger partial charge in [0.05, 0.1) is 16.7 Å². The smallest absolute Gasteiger partial charge is 0.275 e. The van der Waals surface area contributed by atoms with Crippen molar-refractivity contribution in [2.45, 2.75) is 26.8 Å². The molecule has 0 spiro atoms. The van der Waals surface area contributed by atoms with Gasteiger partial charge in [0.1, 0.15) is 5.69 Å². The average Bonchev–Trinajstić information content (AvgIpc) is 2.87. The lowest BCUT2D eigenvalue weighted by molar-refractivity contribution is -0.114. The van der Waals surface area contributed by atoms with E-state index < -0.39 is 5.56 Å². The molecule has 37 heavy (non-hydrogen) atoms. The van der Waals surface area contributed by atoms with Crippen molar-refractivity contribution in [3.05, 3.63) is 88.2 Å². The van der Waals surface area contributed by atoms with Crippen molar-refractivity contribution in [3.8, 4) is 11.3 Å². The van der Waals surface area contributed by atoms with E-state index in [0.29, 0.717) is 40.9 Å². The lowest BCUT2D eigenvalue weighted by Crippen LogP contribution is -2.53. The molecule has 0 aliphatic carbocycles. The first-order valence-electron chi connectivity index (χ1n) is 12.3. The Bertz CT molecular complexity index is 1560. The quantitative estimate of drug-likeness (QED) is 0.442. The normalized spacial score (nSPS) is 15.6. The van der Waals surface area contributed by atoms with Crippen LogP contribution < -0.4 is 15.8 Å². The summed E-state index contributed by atoms with van der Waals surface area (Å²) in [5.41, 5.74) is 4.79. The predicted octanol–water partition coefficient (Wildman–Crippen LogP) is 4.21. The van der Waals surface area contributed by atoms with E-state index in [1.165, 1.54) is 18.2 Å². The molecule has 1 fully saturated rings. The summed E-state index contributed by atoms with van der Waals surface area (Å²) in [5, 5.41) is 2.74. The maximum absolute atomic E-state index is 13.4. The van der Waals surface area contributed by atoms with E-state index in [4.69, 9.17) is 0 Å². The number of piperazine rings is 1. The van der Waals surface area contributed by atoms with Gasteiger partial charge in [0.25, 0.3) is 11.5 Å². The molecule has 1 aromatic heterocycles. The average molecular weight is 496 g/mol. The van der Waals surface area contributed by atoms with Crippen LogP contribution in [0.15, 0.2) is 71.5 Å². The lowest BCUT2D eigenvalue weighted by Gasteiger charge is -2.41. The summed E-state index contributed by atoms with van der Waals surface area (Å²) >= 11 is 0. The molecule has 4 aromatic rings. The summed E-state index contributed by atoms with van der Waals surface area (Å²) in [4.78, 5) is 49.5. The molecule has 0 saturated carbocycles. The van der Waals surface area contributed by atoms with Crippen LogP contribution in [0.25, 0.3) is 22.3 Å². The zero-order chi connectivity index (χ0) is 26.1. The molecule has 1 atom stereocenters. The number of hydrogen-bond donors (Lipinski definition) is 2. The van der Waals surface area contributed by atoms with Crippen LogP contribution in [0.5, 0.6) is 0 Å². The summed E-state index contributed by atoms with van der Waals surface area (Å²) < 4.78 is 0. The molecular formula is C29H29N5O3. The first kappa shape index (κ1) is 24.2. The summed E-state index contributed by atoms with van der Waals surface area (Å²) in [6.45, 7) is 7.60. The maximum Gasteiger partial charge on any atom is 0.275 e. The van der Waals surface area contributed by atoms with Crippen LogP contribution in [0.2, 0.25) is 0 Å². The molecule has 1 aliphatic rings. The maximum atomic E-state index is 13.4. The fraction of sp³-hybridized carbons (Fsp3) is 0.241. The topological polar surface area (TPSA) is 98.4 Å². The highest BCUT2D eigenvalue weighted by atomic mass is 16.2. The number of aromatic amines is 1. The van der Waals surface area contributed by atoms with E-state index in [0.717, 1.165) is 6.54 Å². The Morgan fingerprint density at radius 1 is 1.03 bits per heavy atom. The highest BCUT2D eigenvalue weighted by Gasteiger charge is 2.28. The number of carbonyl (C=O) groups excluding carboxylic acids is 2. The van der Waals surface area contributed by atoms with Crippen LogP contribution in [0.1, 0.15) is 29.8 Å². The van der Waals surface area contributed by atoms with Crippen LogP contribution in [0.3, 0.4) is 0 Å². The molecule has 0 unspecified atom stereocenters. The molecule has 0 bridgehead atoms. The first-order chi connectivity index (χ1) is 17.8. The van der Waals surface area contributed by atoms with Crippen molar-refractivity contribution in [2.75, 3.05) is 29.9 Å². The van der Waals surface area contributed by atoms with Gasteiger partial charge >= 0.3 is 0 Å². The number of anilines is 2. The Kier molecular flexibility index (Phi) is 6.48. The number of benzene rings is 3. The summed E-state index contributed by atoms with van der Waals surface area (Å²) in [7, 11) is 0.